The van der Waals surface area contributed by atoms with Crippen LogP contribution in [0.15, 0.2) is 211 Å². The molecule has 0 amide bonds. The molecule has 0 fully saturated rings. The molecule has 0 spiro atoms. The van der Waals surface area contributed by atoms with Crippen molar-refractivity contribution in [1.82, 2.24) is 4.57 Å². The first-order chi connectivity index (χ1) is 27.3. The van der Waals surface area contributed by atoms with E-state index in [0.29, 0.717) is 0 Å². The van der Waals surface area contributed by atoms with E-state index in [-0.39, 0.29) is 0 Å². The molecule has 0 saturated heterocycles. The van der Waals surface area contributed by atoms with E-state index in [1.54, 1.807) is 0 Å². The molecule has 258 valence electrons. The van der Waals surface area contributed by atoms with Gasteiger partial charge >= 0.3 is 0 Å². The van der Waals surface area contributed by atoms with Gasteiger partial charge in [-0.1, -0.05) is 127 Å². The number of anilines is 3. The molecule has 3 nitrogen and oxygen atoms in total. The summed E-state index contributed by atoms with van der Waals surface area (Å²) in [4.78, 5) is 2.37. The molecule has 0 radical (unpaired) electrons. The van der Waals surface area contributed by atoms with Gasteiger partial charge < -0.3 is 13.9 Å². The smallest absolute Gasteiger partial charge is 0.136 e. The molecule has 0 bridgehead atoms. The Morgan fingerprint density at radius 1 is 0.345 bits per heavy atom. The molecule has 0 aliphatic heterocycles. The molecule has 11 aromatic rings. The van der Waals surface area contributed by atoms with Gasteiger partial charge in [-0.05, 0) is 112 Å². The van der Waals surface area contributed by atoms with Crippen molar-refractivity contribution in [3.05, 3.63) is 206 Å². The molecular weight excluding hydrogens is 669 g/mol. The summed E-state index contributed by atoms with van der Waals surface area (Å²) >= 11 is 0. The molecule has 9 aromatic carbocycles. The van der Waals surface area contributed by atoms with Crippen LogP contribution in [0.2, 0.25) is 0 Å². The monoisotopic (exact) mass is 702 g/mol. The van der Waals surface area contributed by atoms with Gasteiger partial charge in [-0.3, -0.25) is 0 Å². The van der Waals surface area contributed by atoms with Gasteiger partial charge in [0, 0.05) is 44.3 Å². The highest BCUT2D eigenvalue weighted by Crippen LogP contribution is 2.42. The summed E-state index contributed by atoms with van der Waals surface area (Å²) in [7, 11) is 0. The number of furan rings is 1. The molecular formula is C52H34N2O. The lowest BCUT2D eigenvalue weighted by Crippen LogP contribution is -2.10. The van der Waals surface area contributed by atoms with Gasteiger partial charge in [0.1, 0.15) is 11.2 Å². The number of aromatic nitrogens is 1. The Morgan fingerprint density at radius 3 is 1.67 bits per heavy atom. The second kappa shape index (κ2) is 12.6. The van der Waals surface area contributed by atoms with E-state index >= 15 is 0 Å². The quantitative estimate of drug-likeness (QED) is 0.172. The van der Waals surface area contributed by atoms with E-state index in [2.05, 4.69) is 204 Å². The Balaban J connectivity index is 1.05. The van der Waals surface area contributed by atoms with Gasteiger partial charge in [-0.2, -0.15) is 0 Å². The highest BCUT2D eigenvalue weighted by molar-refractivity contribution is 6.19. The van der Waals surface area contributed by atoms with Crippen molar-refractivity contribution in [3.8, 4) is 27.9 Å². The third-order valence-electron chi connectivity index (χ3n) is 11.0. The molecule has 0 aliphatic rings. The van der Waals surface area contributed by atoms with Crippen LogP contribution in [-0.2, 0) is 0 Å². The summed E-state index contributed by atoms with van der Waals surface area (Å²) < 4.78 is 8.60. The zero-order valence-electron chi connectivity index (χ0n) is 29.9. The van der Waals surface area contributed by atoms with Gasteiger partial charge in [0.2, 0.25) is 0 Å². The minimum absolute atomic E-state index is 0.916. The first-order valence-electron chi connectivity index (χ1n) is 18.8. The third-order valence-corrected chi connectivity index (χ3v) is 11.0. The standard InChI is InChI=1S/C52H34N2O/c1-3-11-35(12-4-1)36-21-26-41(27-22-36)53(43-30-31-49-47(34-43)44-15-7-9-17-48(44)54(49)40-13-5-2-6-14-40)42-28-23-37(24-29-42)39-20-19-38-25-32-51-52(46(38)33-39)45-16-8-10-18-50(45)55-51/h1-34H. The molecule has 0 saturated carbocycles. The summed E-state index contributed by atoms with van der Waals surface area (Å²) in [6.45, 7) is 0. The van der Waals surface area contributed by atoms with Crippen LogP contribution in [0.25, 0.3) is 82.5 Å². The number of fused-ring (bicyclic) bond motifs is 8. The minimum Gasteiger partial charge on any atom is -0.456 e. The average molecular weight is 703 g/mol. The highest BCUT2D eigenvalue weighted by atomic mass is 16.3. The van der Waals surface area contributed by atoms with Crippen molar-refractivity contribution in [1.29, 1.82) is 0 Å². The second-order valence-corrected chi connectivity index (χ2v) is 14.2. The van der Waals surface area contributed by atoms with Crippen molar-refractivity contribution in [3.63, 3.8) is 0 Å². The molecule has 3 heteroatoms. The van der Waals surface area contributed by atoms with E-state index in [9.17, 15) is 0 Å². The summed E-state index contributed by atoms with van der Waals surface area (Å²) in [6, 6.07) is 74.0. The topological polar surface area (TPSA) is 21.3 Å². The van der Waals surface area contributed by atoms with Crippen molar-refractivity contribution in [2.24, 2.45) is 0 Å². The number of rotatable bonds is 6. The molecule has 2 aromatic heterocycles. The van der Waals surface area contributed by atoms with E-state index in [1.165, 1.54) is 54.7 Å². The minimum atomic E-state index is 0.916. The molecule has 55 heavy (non-hydrogen) atoms. The molecule has 0 unspecified atom stereocenters. The Morgan fingerprint density at radius 2 is 0.909 bits per heavy atom. The Labute approximate surface area is 318 Å². The van der Waals surface area contributed by atoms with Crippen LogP contribution < -0.4 is 4.90 Å². The SMILES string of the molecule is c1ccc(-c2ccc(N(c3ccc(-c4ccc5ccc6oc7ccccc7c6c5c4)cc3)c3ccc4c(c3)c3ccccc3n4-c3ccccc3)cc2)cc1. The normalized spacial score (nSPS) is 11.6. The van der Waals surface area contributed by atoms with Crippen LogP contribution in [-0.4, -0.2) is 4.57 Å². The van der Waals surface area contributed by atoms with Crippen LogP contribution in [0, 0.1) is 0 Å². The lowest BCUT2D eigenvalue weighted by molar-refractivity contribution is 0.669. The third kappa shape index (κ3) is 5.20. The maximum Gasteiger partial charge on any atom is 0.136 e. The fourth-order valence-corrected chi connectivity index (χ4v) is 8.36. The molecule has 11 rings (SSSR count). The predicted molar refractivity (Wildman–Crippen MR) is 231 cm³/mol. The van der Waals surface area contributed by atoms with Crippen LogP contribution in [0.4, 0.5) is 17.1 Å². The molecule has 2 heterocycles. The lowest BCUT2D eigenvalue weighted by atomic mass is 9.98. The van der Waals surface area contributed by atoms with Gasteiger partial charge in [-0.25, -0.2) is 0 Å². The van der Waals surface area contributed by atoms with Crippen LogP contribution in [0.5, 0.6) is 0 Å². The van der Waals surface area contributed by atoms with E-state index in [0.717, 1.165) is 44.9 Å². The van der Waals surface area contributed by atoms with Gasteiger partial charge in [0.15, 0.2) is 0 Å². The number of nitrogens with zero attached hydrogens (tertiary/aromatic N) is 2. The number of para-hydroxylation sites is 3. The first-order valence-corrected chi connectivity index (χ1v) is 18.8. The van der Waals surface area contributed by atoms with Gasteiger partial charge in [-0.15, -0.1) is 0 Å². The molecule has 0 N–H and O–H groups in total. The van der Waals surface area contributed by atoms with Crippen molar-refractivity contribution in [2.45, 2.75) is 0 Å². The highest BCUT2D eigenvalue weighted by Gasteiger charge is 2.18. The Kier molecular flexibility index (Phi) is 7.17. The van der Waals surface area contributed by atoms with Gasteiger partial charge in [0.05, 0.1) is 11.0 Å². The van der Waals surface area contributed by atoms with Gasteiger partial charge in [0.25, 0.3) is 0 Å². The molecule has 0 aliphatic carbocycles. The fourth-order valence-electron chi connectivity index (χ4n) is 8.36. The Hall–Kier alpha value is -7.36. The van der Waals surface area contributed by atoms with Crippen molar-refractivity contribution in [2.75, 3.05) is 4.90 Å². The Bertz CT molecular complexity index is 3180. The van der Waals surface area contributed by atoms with Crippen molar-refractivity contribution < 1.29 is 4.42 Å². The first kappa shape index (κ1) is 31.2. The number of benzene rings is 9. The fraction of sp³-hybridized carbons (Fsp3) is 0. The maximum absolute atomic E-state index is 6.23. The predicted octanol–water partition coefficient (Wildman–Crippen LogP) is 14.6. The van der Waals surface area contributed by atoms with Crippen LogP contribution >= 0.6 is 0 Å². The summed E-state index contributed by atoms with van der Waals surface area (Å²) in [5.41, 5.74) is 13.4. The number of hydrogen-bond acceptors (Lipinski definition) is 2. The zero-order chi connectivity index (χ0) is 36.3. The summed E-state index contributed by atoms with van der Waals surface area (Å²) in [5, 5.41) is 7.16. The number of hydrogen-bond donors (Lipinski definition) is 0. The van der Waals surface area contributed by atoms with Crippen molar-refractivity contribution >= 4 is 71.6 Å². The average Bonchev–Trinajstić information content (AvgIpc) is 3.81. The lowest BCUT2D eigenvalue weighted by Gasteiger charge is -2.26. The van der Waals surface area contributed by atoms with E-state index < -0.39 is 0 Å². The molecule has 0 atom stereocenters. The maximum atomic E-state index is 6.23. The second-order valence-electron chi connectivity index (χ2n) is 14.2. The summed E-state index contributed by atoms with van der Waals surface area (Å²) in [6.07, 6.45) is 0. The zero-order valence-corrected chi connectivity index (χ0v) is 29.9. The van der Waals surface area contributed by atoms with E-state index in [1.807, 2.05) is 12.1 Å². The summed E-state index contributed by atoms with van der Waals surface area (Å²) in [5.74, 6) is 0. The van der Waals surface area contributed by atoms with Crippen LogP contribution in [0.3, 0.4) is 0 Å². The van der Waals surface area contributed by atoms with Crippen LogP contribution in [0.1, 0.15) is 0 Å². The van der Waals surface area contributed by atoms with E-state index in [4.69, 9.17) is 4.42 Å². The largest absolute Gasteiger partial charge is 0.456 e.